The monoisotopic (exact) mass is 364 g/mol. The van der Waals surface area contributed by atoms with Gasteiger partial charge < -0.3 is 5.32 Å². The van der Waals surface area contributed by atoms with Crippen molar-refractivity contribution in [1.29, 1.82) is 0 Å². The summed E-state index contributed by atoms with van der Waals surface area (Å²) in [4.78, 5) is 18.4. The largest absolute Gasteiger partial charge is 0.325 e. The smallest absolute Gasteiger partial charge is 0.237 e. The van der Waals surface area contributed by atoms with E-state index in [1.54, 1.807) is 11.8 Å². The maximum absolute atomic E-state index is 12.8. The Morgan fingerprint density at radius 1 is 1.04 bits per heavy atom. The molecule has 1 heterocycles. The molecular weight excluding hydrogens is 340 g/mol. The zero-order valence-corrected chi connectivity index (χ0v) is 16.7. The number of nitrogens with one attached hydrogen (secondary N) is 1. The highest BCUT2D eigenvalue weighted by molar-refractivity contribution is 8.00. The summed E-state index contributed by atoms with van der Waals surface area (Å²) >= 11 is 1.55. The molecule has 1 N–H and O–H groups in total. The molecule has 1 aromatic heterocycles. The molecule has 3 rings (SSSR count). The van der Waals surface area contributed by atoms with Gasteiger partial charge in [0.2, 0.25) is 5.91 Å². The summed E-state index contributed by atoms with van der Waals surface area (Å²) in [7, 11) is 0. The number of rotatable bonds is 4. The Balaban J connectivity index is 1.81. The van der Waals surface area contributed by atoms with Crippen molar-refractivity contribution in [3.63, 3.8) is 0 Å². The summed E-state index contributed by atoms with van der Waals surface area (Å²) in [5, 5.41) is 3.98. The van der Waals surface area contributed by atoms with Crippen LogP contribution in [0.4, 0.5) is 5.69 Å². The third kappa shape index (κ3) is 3.91. The van der Waals surface area contributed by atoms with Crippen LogP contribution in [0.1, 0.15) is 29.3 Å². The minimum atomic E-state index is -0.219. The van der Waals surface area contributed by atoms with Crippen LogP contribution in [-0.2, 0) is 4.79 Å². The zero-order chi connectivity index (χ0) is 18.8. The van der Waals surface area contributed by atoms with Gasteiger partial charge in [-0.15, -0.1) is 11.8 Å². The number of carbonyl (C=O) groups excluding carboxylic acids is 1. The molecule has 4 heteroatoms. The fourth-order valence-corrected chi connectivity index (χ4v) is 4.14. The average molecular weight is 365 g/mol. The lowest BCUT2D eigenvalue weighted by Crippen LogP contribution is -2.23. The van der Waals surface area contributed by atoms with Gasteiger partial charge in [0, 0.05) is 21.7 Å². The Morgan fingerprint density at radius 3 is 2.42 bits per heavy atom. The molecule has 0 aliphatic carbocycles. The molecule has 134 valence electrons. The van der Waals surface area contributed by atoms with Crippen molar-refractivity contribution >= 4 is 34.3 Å². The average Bonchev–Trinajstić information content (AvgIpc) is 2.58. The Bertz CT molecular complexity index is 958. The summed E-state index contributed by atoms with van der Waals surface area (Å²) < 4.78 is 0. The van der Waals surface area contributed by atoms with E-state index in [0.29, 0.717) is 0 Å². The molecule has 0 aliphatic rings. The topological polar surface area (TPSA) is 42.0 Å². The van der Waals surface area contributed by atoms with Gasteiger partial charge in [0.05, 0.1) is 10.8 Å². The number of pyridine rings is 1. The first-order valence-electron chi connectivity index (χ1n) is 8.77. The SMILES string of the molecule is Cc1cc(C)c(NC(=O)[C@H](C)Sc2cccc3ccc(C)nc23)c(C)c1. The first-order chi connectivity index (χ1) is 12.3. The second-order valence-electron chi connectivity index (χ2n) is 6.80. The van der Waals surface area contributed by atoms with Gasteiger partial charge in [-0.05, 0) is 57.9 Å². The van der Waals surface area contributed by atoms with E-state index in [4.69, 9.17) is 0 Å². The second kappa shape index (κ2) is 7.50. The molecule has 2 aromatic carbocycles. The number of nitrogens with zero attached hydrogens (tertiary/aromatic N) is 1. The molecule has 0 radical (unpaired) electrons. The molecule has 3 aromatic rings. The van der Waals surface area contributed by atoms with E-state index in [2.05, 4.69) is 41.5 Å². The van der Waals surface area contributed by atoms with Gasteiger partial charge in [-0.2, -0.15) is 0 Å². The van der Waals surface area contributed by atoms with Gasteiger partial charge >= 0.3 is 0 Å². The van der Waals surface area contributed by atoms with E-state index < -0.39 is 0 Å². The molecular formula is C22H24N2OS. The van der Waals surface area contributed by atoms with Crippen molar-refractivity contribution in [3.8, 4) is 0 Å². The summed E-state index contributed by atoms with van der Waals surface area (Å²) in [6.07, 6.45) is 0. The van der Waals surface area contributed by atoms with E-state index in [1.807, 2.05) is 45.9 Å². The lowest BCUT2D eigenvalue weighted by atomic mass is 10.1. The molecule has 3 nitrogen and oxygen atoms in total. The summed E-state index contributed by atoms with van der Waals surface area (Å²) in [6, 6.07) is 14.4. The summed E-state index contributed by atoms with van der Waals surface area (Å²) in [5.74, 6) is 0.00899. The number of para-hydroxylation sites is 1. The first-order valence-corrected chi connectivity index (χ1v) is 9.65. The molecule has 0 spiro atoms. The van der Waals surface area contributed by atoms with E-state index >= 15 is 0 Å². The van der Waals surface area contributed by atoms with Crippen molar-refractivity contribution in [2.45, 2.75) is 44.8 Å². The highest BCUT2D eigenvalue weighted by Crippen LogP contribution is 2.31. The van der Waals surface area contributed by atoms with Gasteiger partial charge in [-0.1, -0.05) is 35.9 Å². The quantitative estimate of drug-likeness (QED) is 0.614. The van der Waals surface area contributed by atoms with Gasteiger partial charge in [0.1, 0.15) is 0 Å². The third-order valence-corrected chi connectivity index (χ3v) is 5.57. The fourth-order valence-electron chi connectivity index (χ4n) is 3.16. The number of aromatic nitrogens is 1. The molecule has 0 fully saturated rings. The molecule has 1 amide bonds. The number of benzene rings is 2. The number of anilines is 1. The van der Waals surface area contributed by atoms with Crippen LogP contribution in [0.5, 0.6) is 0 Å². The zero-order valence-electron chi connectivity index (χ0n) is 15.9. The van der Waals surface area contributed by atoms with Crippen LogP contribution in [0.2, 0.25) is 0 Å². The standard InChI is InChI=1S/C22H24N2OS/c1-13-11-14(2)20(15(3)12-13)24-22(25)17(5)26-19-8-6-7-18-10-9-16(4)23-21(18)19/h6-12,17H,1-5H3,(H,24,25)/t17-/m0/s1. The van der Waals surface area contributed by atoms with E-state index in [1.165, 1.54) is 5.56 Å². The first kappa shape index (κ1) is 18.5. The van der Waals surface area contributed by atoms with Crippen molar-refractivity contribution in [1.82, 2.24) is 4.98 Å². The van der Waals surface area contributed by atoms with Crippen molar-refractivity contribution in [2.24, 2.45) is 0 Å². The fraction of sp³-hybridized carbons (Fsp3) is 0.273. The second-order valence-corrected chi connectivity index (χ2v) is 8.19. The number of amides is 1. The van der Waals surface area contributed by atoms with Crippen LogP contribution < -0.4 is 5.32 Å². The van der Waals surface area contributed by atoms with Crippen molar-refractivity contribution in [3.05, 3.63) is 64.8 Å². The Hall–Kier alpha value is -2.33. The van der Waals surface area contributed by atoms with Crippen molar-refractivity contribution in [2.75, 3.05) is 5.32 Å². The predicted octanol–water partition coefficient (Wildman–Crippen LogP) is 5.59. The molecule has 0 saturated carbocycles. The van der Waals surface area contributed by atoms with Gasteiger partial charge in [0.25, 0.3) is 0 Å². The molecule has 0 saturated heterocycles. The van der Waals surface area contributed by atoms with Crippen LogP contribution in [0.25, 0.3) is 10.9 Å². The van der Waals surface area contributed by atoms with Crippen LogP contribution in [-0.4, -0.2) is 16.1 Å². The Kier molecular flexibility index (Phi) is 5.33. The minimum Gasteiger partial charge on any atom is -0.325 e. The van der Waals surface area contributed by atoms with Gasteiger partial charge in [-0.3, -0.25) is 9.78 Å². The highest BCUT2D eigenvalue weighted by atomic mass is 32.2. The normalized spacial score (nSPS) is 12.2. The number of aryl methyl sites for hydroxylation is 4. The van der Waals surface area contributed by atoms with Crippen LogP contribution in [0, 0.1) is 27.7 Å². The lowest BCUT2D eigenvalue weighted by molar-refractivity contribution is -0.115. The van der Waals surface area contributed by atoms with Crippen LogP contribution in [0.3, 0.4) is 0 Å². The molecule has 1 atom stereocenters. The number of thioether (sulfide) groups is 1. The molecule has 26 heavy (non-hydrogen) atoms. The maximum atomic E-state index is 12.8. The number of fused-ring (bicyclic) bond motifs is 1. The van der Waals surface area contributed by atoms with Gasteiger partial charge in [-0.25, -0.2) is 0 Å². The molecule has 0 bridgehead atoms. The third-order valence-electron chi connectivity index (χ3n) is 4.42. The van der Waals surface area contributed by atoms with Crippen LogP contribution >= 0.6 is 11.8 Å². The van der Waals surface area contributed by atoms with Crippen LogP contribution in [0.15, 0.2) is 47.4 Å². The number of hydrogen-bond acceptors (Lipinski definition) is 3. The van der Waals surface area contributed by atoms with E-state index in [9.17, 15) is 4.79 Å². The van der Waals surface area contributed by atoms with Gasteiger partial charge in [0.15, 0.2) is 0 Å². The molecule has 0 unspecified atom stereocenters. The number of hydrogen-bond donors (Lipinski definition) is 1. The maximum Gasteiger partial charge on any atom is 0.237 e. The summed E-state index contributed by atoms with van der Waals surface area (Å²) in [5.41, 5.74) is 6.25. The molecule has 0 aliphatic heterocycles. The number of carbonyl (C=O) groups is 1. The predicted molar refractivity (Wildman–Crippen MR) is 111 cm³/mol. The highest BCUT2D eigenvalue weighted by Gasteiger charge is 2.18. The summed E-state index contributed by atoms with van der Waals surface area (Å²) in [6.45, 7) is 10.1. The Labute approximate surface area is 159 Å². The van der Waals surface area contributed by atoms with E-state index in [0.717, 1.165) is 38.3 Å². The lowest BCUT2D eigenvalue weighted by Gasteiger charge is -2.16. The van der Waals surface area contributed by atoms with Crippen molar-refractivity contribution < 1.29 is 4.79 Å². The van der Waals surface area contributed by atoms with E-state index in [-0.39, 0.29) is 11.2 Å². The minimum absolute atomic E-state index is 0.00899. The Morgan fingerprint density at radius 2 is 1.73 bits per heavy atom.